The number of aryl methyl sites for hydroxylation is 2. The number of aromatic nitrogens is 4. The second kappa shape index (κ2) is 23.2. The number of H-pyrrole nitrogens is 2. The summed E-state index contributed by atoms with van der Waals surface area (Å²) in [5, 5.41) is 19.6. The predicted molar refractivity (Wildman–Crippen MR) is 266 cm³/mol. The first-order chi connectivity index (χ1) is 30.6. The Bertz CT molecular complexity index is 2250. The third-order valence-corrected chi connectivity index (χ3v) is 13.0. The van der Waals surface area contributed by atoms with Crippen LogP contribution in [0.2, 0.25) is 0 Å². The Hall–Kier alpha value is -5.36. The molecule has 0 aromatic carbocycles. The summed E-state index contributed by atoms with van der Waals surface area (Å²) in [6.07, 6.45) is 50.1. The van der Waals surface area contributed by atoms with Crippen molar-refractivity contribution in [2.24, 2.45) is 0 Å². The standard InChI is InChI=1S/C56H70N4O2/c1-3-5-7-9-11-13-15-17-19-21-45-47-31-35-51(57-47)55(43-27-23-41(39-61)24-28-43)53-37-33-49(59-53)46(22-20-18-16-14-12-10-8-6-4-2)50-34-38-54(60-50)56(52-36-32-48(45)58-52)44-29-25-42(40-62)26-30-44/h23,25,27-40,57,60-62H,3-22,24,26H2,1-2H3. The average Bonchev–Trinajstić information content (AvgIpc) is 4.16. The van der Waals surface area contributed by atoms with Gasteiger partial charge < -0.3 is 20.2 Å². The third kappa shape index (κ3) is 11.6. The molecule has 2 aliphatic carbocycles. The van der Waals surface area contributed by atoms with Crippen molar-refractivity contribution in [3.8, 4) is 0 Å². The van der Waals surface area contributed by atoms with Crippen molar-refractivity contribution in [3.63, 3.8) is 0 Å². The Labute approximate surface area is 370 Å². The fraction of sp³-hybridized carbons (Fsp3) is 0.429. The van der Waals surface area contributed by atoms with Crippen LogP contribution in [0, 0.1) is 0 Å². The van der Waals surface area contributed by atoms with E-state index in [9.17, 15) is 10.2 Å². The van der Waals surface area contributed by atoms with Crippen molar-refractivity contribution in [1.29, 1.82) is 0 Å². The van der Waals surface area contributed by atoms with Gasteiger partial charge in [0.2, 0.25) is 0 Å². The second-order valence-electron chi connectivity index (χ2n) is 17.7. The summed E-state index contributed by atoms with van der Waals surface area (Å²) in [7, 11) is 0. The van der Waals surface area contributed by atoms with E-state index in [4.69, 9.17) is 9.97 Å². The van der Waals surface area contributed by atoms with Gasteiger partial charge >= 0.3 is 0 Å². The topological polar surface area (TPSA) is 97.8 Å². The van der Waals surface area contributed by atoms with Crippen molar-refractivity contribution in [2.75, 3.05) is 0 Å². The van der Waals surface area contributed by atoms with Gasteiger partial charge in [-0.25, -0.2) is 9.97 Å². The molecule has 0 amide bonds. The van der Waals surface area contributed by atoms with Gasteiger partial charge in [0.1, 0.15) is 0 Å². The number of rotatable bonds is 22. The lowest BCUT2D eigenvalue weighted by Crippen LogP contribution is -1.96. The highest BCUT2D eigenvalue weighted by Crippen LogP contribution is 2.35. The fourth-order valence-electron chi connectivity index (χ4n) is 9.37. The number of aromatic amines is 2. The van der Waals surface area contributed by atoms with E-state index in [0.717, 1.165) is 104 Å². The zero-order chi connectivity index (χ0) is 42.9. The van der Waals surface area contributed by atoms with Gasteiger partial charge in [0.15, 0.2) is 0 Å². The van der Waals surface area contributed by atoms with Gasteiger partial charge in [-0.2, -0.15) is 0 Å². The highest BCUT2D eigenvalue weighted by molar-refractivity contribution is 5.95. The number of allylic oxidation sites excluding steroid dienone is 10. The lowest BCUT2D eigenvalue weighted by atomic mass is 9.96. The van der Waals surface area contributed by atoms with Crippen molar-refractivity contribution in [3.05, 3.63) is 129 Å². The lowest BCUT2D eigenvalue weighted by molar-refractivity contribution is 0.467. The summed E-state index contributed by atoms with van der Waals surface area (Å²) in [6, 6.07) is 8.90. The number of fused-ring (bicyclic) bond motifs is 8. The van der Waals surface area contributed by atoms with Gasteiger partial charge in [0, 0.05) is 44.3 Å². The summed E-state index contributed by atoms with van der Waals surface area (Å²) in [4.78, 5) is 18.7. The Kier molecular flexibility index (Phi) is 16.7. The van der Waals surface area contributed by atoms with Crippen molar-refractivity contribution >= 4 is 57.5 Å². The Morgan fingerprint density at radius 2 is 0.790 bits per heavy atom. The largest absolute Gasteiger partial charge is 0.515 e. The van der Waals surface area contributed by atoms with Gasteiger partial charge in [-0.05, 0) is 109 Å². The van der Waals surface area contributed by atoms with Crippen LogP contribution in [0.4, 0.5) is 0 Å². The molecule has 62 heavy (non-hydrogen) atoms. The molecule has 0 atom stereocenters. The van der Waals surface area contributed by atoms with Gasteiger partial charge in [0.25, 0.3) is 0 Å². The van der Waals surface area contributed by atoms with Crippen LogP contribution in [0.25, 0.3) is 57.5 Å². The molecule has 0 fully saturated rings. The molecule has 4 aliphatic rings. The quantitative estimate of drug-likeness (QED) is 0.0412. The molecule has 0 unspecified atom stereocenters. The maximum Gasteiger partial charge on any atom is 0.0826 e. The first kappa shape index (κ1) is 44.7. The molecule has 0 saturated carbocycles. The summed E-state index contributed by atoms with van der Waals surface area (Å²) < 4.78 is 0. The molecule has 5 heterocycles. The molecule has 326 valence electrons. The van der Waals surface area contributed by atoms with Crippen LogP contribution in [-0.4, -0.2) is 30.1 Å². The molecule has 7 rings (SSSR count). The zero-order valence-corrected chi connectivity index (χ0v) is 37.6. The third-order valence-electron chi connectivity index (χ3n) is 13.0. The molecule has 0 radical (unpaired) electrons. The van der Waals surface area contributed by atoms with Crippen LogP contribution >= 0.6 is 0 Å². The monoisotopic (exact) mass is 831 g/mol. The van der Waals surface area contributed by atoms with Gasteiger partial charge in [0.05, 0.1) is 35.3 Å². The number of aliphatic hydroxyl groups is 2. The molecular weight excluding hydrogens is 761 g/mol. The van der Waals surface area contributed by atoms with E-state index in [0.29, 0.717) is 12.8 Å². The van der Waals surface area contributed by atoms with Gasteiger partial charge in [-0.3, -0.25) is 0 Å². The first-order valence-corrected chi connectivity index (χ1v) is 24.2. The van der Waals surface area contributed by atoms with E-state index in [1.165, 1.54) is 126 Å². The molecule has 6 nitrogen and oxygen atoms in total. The van der Waals surface area contributed by atoms with Crippen LogP contribution in [0.3, 0.4) is 0 Å². The molecule has 6 heteroatoms. The minimum atomic E-state index is 0.659. The molecule has 8 bridgehead atoms. The highest BCUT2D eigenvalue weighted by atomic mass is 16.2. The van der Waals surface area contributed by atoms with Gasteiger partial charge in [-0.1, -0.05) is 153 Å². The van der Waals surface area contributed by atoms with Crippen molar-refractivity contribution in [2.45, 2.75) is 155 Å². The Balaban J connectivity index is 1.35. The average molecular weight is 831 g/mol. The number of hydrogen-bond donors (Lipinski definition) is 4. The van der Waals surface area contributed by atoms with E-state index >= 15 is 0 Å². The number of nitrogens with one attached hydrogen (secondary N) is 2. The number of nitrogens with zero attached hydrogens (tertiary/aromatic N) is 2. The van der Waals surface area contributed by atoms with Crippen LogP contribution in [0.1, 0.15) is 187 Å². The smallest absolute Gasteiger partial charge is 0.0826 e. The normalized spacial score (nSPS) is 15.9. The number of hydrogen-bond acceptors (Lipinski definition) is 4. The lowest BCUT2D eigenvalue weighted by Gasteiger charge is -2.11. The number of unbranched alkanes of at least 4 members (excludes halogenated alkanes) is 16. The van der Waals surface area contributed by atoms with Crippen molar-refractivity contribution in [1.82, 2.24) is 19.9 Å². The Morgan fingerprint density at radius 1 is 0.435 bits per heavy atom. The molecule has 0 spiro atoms. The SMILES string of the molecule is CCCCCCCCCCCc1c2nc(c(C3=CCC(=CO)C=C3)c3ccc([nH]3)c(CCCCCCCCCCC)c3nc(c(C4=CCC(=CO)C=C4)c4ccc1[nH]4)C=C3)C=C2. The highest BCUT2D eigenvalue weighted by Gasteiger charge is 2.19. The maximum atomic E-state index is 9.82. The molecule has 2 aliphatic heterocycles. The van der Waals surface area contributed by atoms with Crippen LogP contribution in [0.5, 0.6) is 0 Å². The zero-order valence-electron chi connectivity index (χ0n) is 37.6. The Morgan fingerprint density at radius 3 is 1.15 bits per heavy atom. The summed E-state index contributed by atoms with van der Waals surface area (Å²) in [6.45, 7) is 4.56. The molecule has 0 saturated heterocycles. The maximum absolute atomic E-state index is 9.82. The summed E-state index contributed by atoms with van der Waals surface area (Å²) >= 11 is 0. The van der Waals surface area contributed by atoms with Crippen LogP contribution in [0.15, 0.2) is 84.4 Å². The van der Waals surface area contributed by atoms with Crippen LogP contribution < -0.4 is 0 Å². The summed E-state index contributed by atoms with van der Waals surface area (Å²) in [5.41, 5.74) is 16.7. The second-order valence-corrected chi connectivity index (χ2v) is 17.7. The summed E-state index contributed by atoms with van der Waals surface area (Å²) in [5.74, 6) is 0. The van der Waals surface area contributed by atoms with E-state index in [1.807, 2.05) is 12.2 Å². The minimum absolute atomic E-state index is 0.659. The molecule has 3 aromatic rings. The molecule has 4 N–H and O–H groups in total. The fourth-order valence-corrected chi connectivity index (χ4v) is 9.37. The minimum Gasteiger partial charge on any atom is -0.515 e. The van der Waals surface area contributed by atoms with Gasteiger partial charge in [-0.15, -0.1) is 0 Å². The number of aliphatic hydroxyl groups excluding tert-OH is 2. The predicted octanol–water partition coefficient (Wildman–Crippen LogP) is 16.4. The van der Waals surface area contributed by atoms with E-state index in [1.54, 1.807) is 0 Å². The van der Waals surface area contributed by atoms with Crippen molar-refractivity contribution < 1.29 is 10.2 Å². The van der Waals surface area contributed by atoms with E-state index in [2.05, 4.69) is 96.7 Å². The molecule has 3 aromatic heterocycles. The first-order valence-electron chi connectivity index (χ1n) is 24.2. The van der Waals surface area contributed by atoms with E-state index < -0.39 is 0 Å². The molecular formula is C56H70N4O2. The van der Waals surface area contributed by atoms with Crippen LogP contribution in [-0.2, 0) is 12.8 Å². The van der Waals surface area contributed by atoms with E-state index in [-0.39, 0.29) is 0 Å².